The Hall–Kier alpha value is -3.02. The van der Waals surface area contributed by atoms with Crippen LogP contribution in [0.2, 0.25) is 0 Å². The molecule has 0 bridgehead atoms. The summed E-state index contributed by atoms with van der Waals surface area (Å²) >= 11 is 0. The van der Waals surface area contributed by atoms with Crippen molar-refractivity contribution >= 4 is 27.3 Å². The number of hydrogen-bond acceptors (Lipinski definition) is 7. The van der Waals surface area contributed by atoms with Gasteiger partial charge in [0.2, 0.25) is 10.0 Å². The molecule has 2 aliphatic rings. The number of benzene rings is 2. The second kappa shape index (κ2) is 9.69. The molecule has 2 aromatic carbocycles. The number of amides is 1. The number of anilines is 1. The summed E-state index contributed by atoms with van der Waals surface area (Å²) in [6.45, 7) is 6.62. The lowest BCUT2D eigenvalue weighted by Gasteiger charge is -2.34. The van der Waals surface area contributed by atoms with Gasteiger partial charge in [-0.2, -0.15) is 4.31 Å². The van der Waals surface area contributed by atoms with E-state index in [2.05, 4.69) is 0 Å². The number of piperazine rings is 1. The maximum Gasteiger partial charge on any atom is 0.293 e. The first-order valence-electron chi connectivity index (χ1n) is 11.2. The van der Waals surface area contributed by atoms with E-state index in [1.807, 2.05) is 18.7 Å². The second-order valence-electron chi connectivity index (χ2n) is 8.50. The standard InChI is InChI=1S/C23H28N4O6S/c1-17-3-5-20(15-18(17)2)34(31,32)26-9-7-25(8-10-26)23(28)19-4-6-21(22(16-19)27(29)30)24-11-13-33-14-12-24/h3-6,15-16H,7-14H2,1-2H3. The highest BCUT2D eigenvalue weighted by atomic mass is 32.2. The lowest BCUT2D eigenvalue weighted by Crippen LogP contribution is -2.50. The van der Waals surface area contributed by atoms with Crippen LogP contribution in [-0.4, -0.2) is 80.9 Å². The molecule has 0 unspecified atom stereocenters. The quantitative estimate of drug-likeness (QED) is 0.468. The zero-order valence-electron chi connectivity index (χ0n) is 19.3. The molecule has 2 heterocycles. The van der Waals surface area contributed by atoms with Gasteiger partial charge in [-0.3, -0.25) is 14.9 Å². The van der Waals surface area contributed by atoms with Gasteiger partial charge in [0.05, 0.1) is 23.0 Å². The SMILES string of the molecule is Cc1ccc(S(=O)(=O)N2CCN(C(=O)c3ccc(N4CCOCC4)c([N+](=O)[O-])c3)CC2)cc1C. The highest BCUT2D eigenvalue weighted by molar-refractivity contribution is 7.89. The molecule has 182 valence electrons. The molecule has 0 aromatic heterocycles. The number of nitro benzene ring substituents is 1. The predicted octanol–water partition coefficient (Wildman–Crippen LogP) is 2.19. The van der Waals surface area contributed by atoms with Crippen molar-refractivity contribution in [2.24, 2.45) is 0 Å². The van der Waals surface area contributed by atoms with Gasteiger partial charge < -0.3 is 14.5 Å². The summed E-state index contributed by atoms with van der Waals surface area (Å²) in [5, 5.41) is 11.7. The monoisotopic (exact) mass is 488 g/mol. The molecule has 0 spiro atoms. The van der Waals surface area contributed by atoms with E-state index in [1.54, 1.807) is 35.2 Å². The largest absolute Gasteiger partial charge is 0.378 e. The smallest absolute Gasteiger partial charge is 0.293 e. The molecule has 4 rings (SSSR count). The van der Waals surface area contributed by atoms with Gasteiger partial charge in [0.1, 0.15) is 5.69 Å². The highest BCUT2D eigenvalue weighted by Gasteiger charge is 2.31. The van der Waals surface area contributed by atoms with Crippen LogP contribution in [0.1, 0.15) is 21.5 Å². The molecule has 2 aliphatic heterocycles. The Bertz CT molecular complexity index is 1200. The third kappa shape index (κ3) is 4.77. The van der Waals surface area contributed by atoms with E-state index in [0.29, 0.717) is 32.0 Å². The summed E-state index contributed by atoms with van der Waals surface area (Å²) in [6, 6.07) is 9.57. The summed E-state index contributed by atoms with van der Waals surface area (Å²) in [5.41, 5.74) is 2.48. The number of hydrogen-bond donors (Lipinski definition) is 0. The number of nitro groups is 1. The number of sulfonamides is 1. The van der Waals surface area contributed by atoms with E-state index < -0.39 is 14.9 Å². The van der Waals surface area contributed by atoms with Crippen LogP contribution in [0.3, 0.4) is 0 Å². The van der Waals surface area contributed by atoms with Gasteiger partial charge in [0.25, 0.3) is 11.6 Å². The Morgan fingerprint density at radius 2 is 1.62 bits per heavy atom. The normalized spacial score (nSPS) is 17.6. The van der Waals surface area contributed by atoms with Crippen molar-refractivity contribution in [1.82, 2.24) is 9.21 Å². The van der Waals surface area contributed by atoms with Gasteiger partial charge in [0, 0.05) is 50.9 Å². The molecule has 2 aromatic rings. The van der Waals surface area contributed by atoms with E-state index in [-0.39, 0.29) is 48.2 Å². The Balaban J connectivity index is 1.47. The molecule has 2 fully saturated rings. The molecule has 10 nitrogen and oxygen atoms in total. The number of nitrogens with zero attached hydrogens (tertiary/aromatic N) is 4. The number of ether oxygens (including phenoxy) is 1. The van der Waals surface area contributed by atoms with Crippen LogP contribution < -0.4 is 4.90 Å². The molecule has 1 amide bonds. The van der Waals surface area contributed by atoms with E-state index in [1.165, 1.54) is 10.4 Å². The maximum absolute atomic E-state index is 13.1. The van der Waals surface area contributed by atoms with Crippen LogP contribution in [0.15, 0.2) is 41.3 Å². The van der Waals surface area contributed by atoms with Gasteiger partial charge in [-0.1, -0.05) is 6.07 Å². The second-order valence-corrected chi connectivity index (χ2v) is 10.4. The summed E-state index contributed by atoms with van der Waals surface area (Å²) < 4.78 is 32.8. The first-order valence-corrected chi connectivity index (χ1v) is 12.6. The average molecular weight is 489 g/mol. The molecule has 0 atom stereocenters. The molecule has 11 heteroatoms. The van der Waals surface area contributed by atoms with Crippen LogP contribution >= 0.6 is 0 Å². The predicted molar refractivity (Wildman–Crippen MR) is 127 cm³/mol. The van der Waals surface area contributed by atoms with Crippen molar-refractivity contribution in [1.29, 1.82) is 0 Å². The molecular weight excluding hydrogens is 460 g/mol. The van der Waals surface area contributed by atoms with Crippen LogP contribution in [0.25, 0.3) is 0 Å². The van der Waals surface area contributed by atoms with Crippen LogP contribution in [0.5, 0.6) is 0 Å². The third-order valence-corrected chi connectivity index (χ3v) is 8.31. The summed E-state index contributed by atoms with van der Waals surface area (Å²) in [7, 11) is -3.66. The Kier molecular flexibility index (Phi) is 6.87. The van der Waals surface area contributed by atoms with Crippen molar-refractivity contribution in [2.45, 2.75) is 18.7 Å². The third-order valence-electron chi connectivity index (χ3n) is 6.41. The maximum atomic E-state index is 13.1. The van der Waals surface area contributed by atoms with Crippen LogP contribution in [-0.2, 0) is 14.8 Å². The molecule has 34 heavy (non-hydrogen) atoms. The number of aryl methyl sites for hydroxylation is 2. The lowest BCUT2D eigenvalue weighted by atomic mass is 10.1. The molecule has 0 saturated carbocycles. The summed E-state index contributed by atoms with van der Waals surface area (Å²) in [6.07, 6.45) is 0. The zero-order valence-corrected chi connectivity index (χ0v) is 20.1. The van der Waals surface area contributed by atoms with Gasteiger partial charge in [-0.25, -0.2) is 8.42 Å². The van der Waals surface area contributed by atoms with Crippen molar-refractivity contribution in [3.05, 3.63) is 63.2 Å². The fraction of sp³-hybridized carbons (Fsp3) is 0.435. The fourth-order valence-electron chi connectivity index (χ4n) is 4.21. The molecule has 0 radical (unpaired) electrons. The topological polar surface area (TPSA) is 113 Å². The van der Waals surface area contributed by atoms with Crippen molar-refractivity contribution in [2.75, 3.05) is 57.4 Å². The van der Waals surface area contributed by atoms with E-state index in [0.717, 1.165) is 11.1 Å². The van der Waals surface area contributed by atoms with Crippen molar-refractivity contribution < 1.29 is 22.9 Å². The van der Waals surface area contributed by atoms with Crippen LogP contribution in [0.4, 0.5) is 11.4 Å². The molecule has 2 saturated heterocycles. The Morgan fingerprint density at radius 3 is 2.24 bits per heavy atom. The Labute approximate surface area is 198 Å². The van der Waals surface area contributed by atoms with Gasteiger partial charge in [0.15, 0.2) is 0 Å². The van der Waals surface area contributed by atoms with Crippen molar-refractivity contribution in [3.63, 3.8) is 0 Å². The molecular formula is C23H28N4O6S. The Morgan fingerprint density at radius 1 is 0.941 bits per heavy atom. The number of rotatable bonds is 5. The number of morpholine rings is 1. The fourth-order valence-corrected chi connectivity index (χ4v) is 5.72. The molecule has 0 aliphatic carbocycles. The zero-order chi connectivity index (χ0) is 24.5. The number of carbonyl (C=O) groups excluding carboxylic acids is 1. The van der Waals surface area contributed by atoms with E-state index >= 15 is 0 Å². The minimum Gasteiger partial charge on any atom is -0.378 e. The lowest BCUT2D eigenvalue weighted by molar-refractivity contribution is -0.384. The van der Waals surface area contributed by atoms with Gasteiger partial charge in [-0.15, -0.1) is 0 Å². The first-order chi connectivity index (χ1) is 16.2. The highest BCUT2D eigenvalue weighted by Crippen LogP contribution is 2.30. The summed E-state index contributed by atoms with van der Waals surface area (Å²) in [5.74, 6) is -0.347. The van der Waals surface area contributed by atoms with Gasteiger partial charge >= 0.3 is 0 Å². The summed E-state index contributed by atoms with van der Waals surface area (Å²) in [4.78, 5) is 28.0. The van der Waals surface area contributed by atoms with E-state index in [4.69, 9.17) is 4.74 Å². The minimum absolute atomic E-state index is 0.122. The molecule has 0 N–H and O–H groups in total. The van der Waals surface area contributed by atoms with Crippen LogP contribution in [0, 0.1) is 24.0 Å². The minimum atomic E-state index is -3.66. The van der Waals surface area contributed by atoms with Gasteiger partial charge in [-0.05, 0) is 49.2 Å². The average Bonchev–Trinajstić information content (AvgIpc) is 2.85. The van der Waals surface area contributed by atoms with E-state index in [9.17, 15) is 23.3 Å². The number of carbonyl (C=O) groups is 1. The van der Waals surface area contributed by atoms with Crippen molar-refractivity contribution in [3.8, 4) is 0 Å². The first kappa shape index (κ1) is 24.1.